The van der Waals surface area contributed by atoms with Crippen LogP contribution in [-0.2, 0) is 19.4 Å². The number of nitrogens with zero attached hydrogens (tertiary/aromatic N) is 5. The Labute approximate surface area is 169 Å². The lowest BCUT2D eigenvalue weighted by molar-refractivity contribution is 0.0788. The number of hydrogen-bond donors (Lipinski definition) is 1. The second kappa shape index (κ2) is 7.26. The molecule has 2 aliphatic rings. The zero-order chi connectivity index (χ0) is 20.0. The third-order valence-corrected chi connectivity index (χ3v) is 6.16. The molecule has 5 rings (SSSR count). The van der Waals surface area contributed by atoms with Crippen molar-refractivity contribution in [3.8, 4) is 0 Å². The van der Waals surface area contributed by atoms with E-state index in [9.17, 15) is 4.79 Å². The summed E-state index contributed by atoms with van der Waals surface area (Å²) in [7, 11) is 0. The molecule has 1 atom stereocenters. The number of fused-ring (bicyclic) bond motifs is 2. The van der Waals surface area contributed by atoms with Gasteiger partial charge in [0.1, 0.15) is 17.0 Å². The number of carbonyl (C=O) groups is 1. The quantitative estimate of drug-likeness (QED) is 0.728. The topological polar surface area (TPSA) is 103 Å². The normalized spacial score (nSPS) is 19.1. The Morgan fingerprint density at radius 2 is 2.10 bits per heavy atom. The second-order valence-electron chi connectivity index (χ2n) is 8.00. The number of aromatic nitrogens is 4. The first-order valence-corrected chi connectivity index (χ1v) is 10.4. The number of aryl methyl sites for hydroxylation is 2. The number of hydrogen-bond acceptors (Lipinski definition) is 6. The van der Waals surface area contributed by atoms with Crippen molar-refractivity contribution in [2.24, 2.45) is 5.73 Å². The molecule has 1 saturated heterocycles. The van der Waals surface area contributed by atoms with Crippen LogP contribution in [0, 0.1) is 6.92 Å². The van der Waals surface area contributed by atoms with Crippen molar-refractivity contribution in [3.05, 3.63) is 40.7 Å². The number of furan rings is 1. The van der Waals surface area contributed by atoms with Crippen LogP contribution in [0.5, 0.6) is 0 Å². The minimum absolute atomic E-state index is 0.0914. The summed E-state index contributed by atoms with van der Waals surface area (Å²) in [5.41, 5.74) is 10.1. The summed E-state index contributed by atoms with van der Waals surface area (Å²) in [6.45, 7) is 4.37. The lowest BCUT2D eigenvalue weighted by atomic mass is 9.94. The molecule has 3 aromatic heterocycles. The van der Waals surface area contributed by atoms with Crippen molar-refractivity contribution in [3.63, 3.8) is 0 Å². The van der Waals surface area contributed by atoms with Crippen molar-refractivity contribution in [2.45, 2.75) is 51.5 Å². The lowest BCUT2D eigenvalue weighted by Gasteiger charge is -2.18. The van der Waals surface area contributed by atoms with E-state index >= 15 is 0 Å². The van der Waals surface area contributed by atoms with Crippen molar-refractivity contribution in [2.75, 3.05) is 19.6 Å². The second-order valence-corrected chi connectivity index (χ2v) is 8.00. The molecule has 3 aromatic rings. The Bertz CT molecular complexity index is 1070. The Morgan fingerprint density at radius 1 is 1.28 bits per heavy atom. The molecule has 0 bridgehead atoms. The van der Waals surface area contributed by atoms with E-state index in [0.717, 1.165) is 71.6 Å². The Balaban J connectivity index is 1.42. The van der Waals surface area contributed by atoms with Gasteiger partial charge in [0.05, 0.1) is 17.8 Å². The highest BCUT2D eigenvalue weighted by Crippen LogP contribution is 2.34. The van der Waals surface area contributed by atoms with Crippen LogP contribution in [0.15, 0.2) is 16.8 Å². The first kappa shape index (κ1) is 18.3. The van der Waals surface area contributed by atoms with E-state index in [4.69, 9.17) is 15.2 Å². The van der Waals surface area contributed by atoms with Crippen LogP contribution in [-0.4, -0.2) is 50.2 Å². The Kier molecular flexibility index (Phi) is 4.58. The van der Waals surface area contributed by atoms with Crippen LogP contribution in [0.3, 0.4) is 0 Å². The third kappa shape index (κ3) is 3.02. The largest absolute Gasteiger partial charge is 0.465 e. The highest BCUT2D eigenvalue weighted by molar-refractivity contribution is 5.97. The maximum atomic E-state index is 13.3. The summed E-state index contributed by atoms with van der Waals surface area (Å²) >= 11 is 0. The van der Waals surface area contributed by atoms with Crippen molar-refractivity contribution in [1.82, 2.24) is 24.6 Å². The monoisotopic (exact) mass is 394 g/mol. The highest BCUT2D eigenvalue weighted by Gasteiger charge is 2.35. The molecule has 4 heterocycles. The number of rotatable bonds is 4. The first-order chi connectivity index (χ1) is 14.2. The average Bonchev–Trinajstić information content (AvgIpc) is 3.43. The maximum Gasteiger partial charge on any atom is 0.257 e. The number of likely N-dealkylation sites (tertiary alicyclic amines) is 1. The standard InChI is InChI=1S/C21H26N6O2/c1-13-17(15-4-2-3-5-16(15)29-13)21(28)26-10-6-14(12-26)18-19-20(24-9-8-23-19)27(25-18)11-7-22/h8-9,14H,2-7,10-12,22H2,1H3. The third-order valence-electron chi connectivity index (χ3n) is 6.16. The molecular weight excluding hydrogens is 368 g/mol. The molecule has 152 valence electrons. The van der Waals surface area contributed by atoms with Crippen LogP contribution in [0.4, 0.5) is 0 Å². The number of nitrogens with two attached hydrogens (primary N) is 1. The average molecular weight is 394 g/mol. The molecule has 29 heavy (non-hydrogen) atoms. The smallest absolute Gasteiger partial charge is 0.257 e. The van der Waals surface area contributed by atoms with E-state index in [1.165, 1.54) is 0 Å². The van der Waals surface area contributed by atoms with E-state index in [-0.39, 0.29) is 11.8 Å². The van der Waals surface area contributed by atoms with E-state index in [2.05, 4.69) is 9.97 Å². The van der Waals surface area contributed by atoms with Crippen LogP contribution >= 0.6 is 0 Å². The maximum absolute atomic E-state index is 13.3. The highest BCUT2D eigenvalue weighted by atomic mass is 16.3. The van der Waals surface area contributed by atoms with Gasteiger partial charge in [-0.15, -0.1) is 0 Å². The van der Waals surface area contributed by atoms with Gasteiger partial charge in [0.15, 0.2) is 5.65 Å². The molecule has 1 aliphatic carbocycles. The number of carbonyl (C=O) groups excluding carboxylic acids is 1. The SMILES string of the molecule is Cc1oc2c(c1C(=O)N1CCC(c3nn(CCN)c4nccnc34)C1)CCCC2. The van der Waals surface area contributed by atoms with Crippen LogP contribution < -0.4 is 5.73 Å². The van der Waals surface area contributed by atoms with Gasteiger partial charge in [-0.1, -0.05) is 0 Å². The van der Waals surface area contributed by atoms with Crippen molar-refractivity contribution >= 4 is 17.1 Å². The predicted octanol–water partition coefficient (Wildman–Crippen LogP) is 2.19. The van der Waals surface area contributed by atoms with Gasteiger partial charge in [-0.2, -0.15) is 5.10 Å². The molecule has 0 radical (unpaired) electrons. The fourth-order valence-corrected chi connectivity index (χ4v) is 4.79. The van der Waals surface area contributed by atoms with Gasteiger partial charge in [0, 0.05) is 49.9 Å². The Hall–Kier alpha value is -2.74. The van der Waals surface area contributed by atoms with Gasteiger partial charge in [-0.3, -0.25) is 4.79 Å². The van der Waals surface area contributed by atoms with Gasteiger partial charge in [0.25, 0.3) is 5.91 Å². The fourth-order valence-electron chi connectivity index (χ4n) is 4.79. The van der Waals surface area contributed by atoms with Gasteiger partial charge in [-0.25, -0.2) is 14.6 Å². The van der Waals surface area contributed by atoms with Crippen molar-refractivity contribution in [1.29, 1.82) is 0 Å². The van der Waals surface area contributed by atoms with Gasteiger partial charge >= 0.3 is 0 Å². The summed E-state index contributed by atoms with van der Waals surface area (Å²) in [5.74, 6) is 2.01. The van der Waals surface area contributed by atoms with Gasteiger partial charge in [0.2, 0.25) is 0 Å². The zero-order valence-electron chi connectivity index (χ0n) is 16.7. The van der Waals surface area contributed by atoms with Crippen LogP contribution in [0.1, 0.15) is 58.3 Å². The van der Waals surface area contributed by atoms with E-state index in [0.29, 0.717) is 26.2 Å². The summed E-state index contributed by atoms with van der Waals surface area (Å²) < 4.78 is 7.76. The minimum Gasteiger partial charge on any atom is -0.465 e. The molecule has 0 aromatic carbocycles. The molecule has 0 spiro atoms. The first-order valence-electron chi connectivity index (χ1n) is 10.4. The van der Waals surface area contributed by atoms with Crippen LogP contribution in [0.25, 0.3) is 11.2 Å². The van der Waals surface area contributed by atoms with Crippen molar-refractivity contribution < 1.29 is 9.21 Å². The van der Waals surface area contributed by atoms with Crippen LogP contribution in [0.2, 0.25) is 0 Å². The summed E-state index contributed by atoms with van der Waals surface area (Å²) in [4.78, 5) is 24.2. The molecule has 2 N–H and O–H groups in total. The molecule has 8 heteroatoms. The summed E-state index contributed by atoms with van der Waals surface area (Å²) in [6.07, 6.45) is 8.38. The lowest BCUT2D eigenvalue weighted by Crippen LogP contribution is -2.29. The molecule has 1 amide bonds. The molecule has 1 unspecified atom stereocenters. The summed E-state index contributed by atoms with van der Waals surface area (Å²) in [5, 5.41) is 4.76. The fraction of sp³-hybridized carbons (Fsp3) is 0.524. The minimum atomic E-state index is 0.0914. The number of amides is 1. The zero-order valence-corrected chi connectivity index (χ0v) is 16.7. The van der Waals surface area contributed by atoms with Gasteiger partial charge < -0.3 is 15.1 Å². The molecule has 0 saturated carbocycles. The summed E-state index contributed by atoms with van der Waals surface area (Å²) in [6, 6.07) is 0. The van der Waals surface area contributed by atoms with E-state index in [1.807, 2.05) is 16.5 Å². The van der Waals surface area contributed by atoms with E-state index in [1.54, 1.807) is 12.4 Å². The molecule has 1 fully saturated rings. The van der Waals surface area contributed by atoms with Gasteiger partial charge in [-0.05, 0) is 32.6 Å². The molecule has 1 aliphatic heterocycles. The predicted molar refractivity (Wildman–Crippen MR) is 108 cm³/mol. The Morgan fingerprint density at radius 3 is 2.97 bits per heavy atom. The molecular formula is C21H26N6O2. The molecule has 8 nitrogen and oxygen atoms in total. The van der Waals surface area contributed by atoms with E-state index < -0.39 is 0 Å².